The van der Waals surface area contributed by atoms with Crippen molar-refractivity contribution in [1.82, 2.24) is 9.21 Å². The number of sulfonamides is 1. The zero-order chi connectivity index (χ0) is 22.3. The third-order valence-electron chi connectivity index (χ3n) is 5.26. The van der Waals surface area contributed by atoms with E-state index in [9.17, 15) is 13.2 Å². The van der Waals surface area contributed by atoms with Crippen LogP contribution >= 0.6 is 11.6 Å². The van der Waals surface area contributed by atoms with Gasteiger partial charge < -0.3 is 9.64 Å². The second kappa shape index (κ2) is 10.8. The Hall–Kier alpha value is -2.35. The molecule has 0 bridgehead atoms. The highest BCUT2D eigenvalue weighted by molar-refractivity contribution is 7.92. The third kappa shape index (κ3) is 6.82. The van der Waals surface area contributed by atoms with Crippen molar-refractivity contribution in [2.24, 2.45) is 5.92 Å². The molecule has 0 saturated carbocycles. The minimum absolute atomic E-state index is 0.0200. The van der Waals surface area contributed by atoms with Crippen LogP contribution in [0.4, 0.5) is 0 Å². The van der Waals surface area contributed by atoms with E-state index < -0.39 is 10.0 Å². The highest BCUT2D eigenvalue weighted by Gasteiger charge is 2.31. The number of rotatable bonds is 8. The van der Waals surface area contributed by atoms with Gasteiger partial charge in [0, 0.05) is 36.5 Å². The fourth-order valence-electron chi connectivity index (χ4n) is 3.45. The van der Waals surface area contributed by atoms with E-state index in [1.807, 2.05) is 42.5 Å². The number of hydrogen-bond donors (Lipinski definition) is 0. The van der Waals surface area contributed by atoms with Crippen molar-refractivity contribution >= 4 is 33.6 Å². The first kappa shape index (κ1) is 23.3. The summed E-state index contributed by atoms with van der Waals surface area (Å²) in [5.41, 5.74) is 0.831. The molecule has 0 spiro atoms. The molecule has 0 aromatic heterocycles. The molecule has 0 radical (unpaired) electrons. The molecule has 1 aliphatic heterocycles. The highest BCUT2D eigenvalue weighted by Crippen LogP contribution is 2.23. The van der Waals surface area contributed by atoms with Crippen LogP contribution in [0.2, 0.25) is 5.02 Å². The Morgan fingerprint density at radius 1 is 1.16 bits per heavy atom. The smallest absolute Gasteiger partial charge is 0.236 e. The second-order valence-corrected chi connectivity index (χ2v) is 9.75. The zero-order valence-corrected chi connectivity index (χ0v) is 19.1. The van der Waals surface area contributed by atoms with Crippen molar-refractivity contribution in [1.29, 1.82) is 0 Å². The molecule has 1 amide bonds. The van der Waals surface area contributed by atoms with Crippen LogP contribution < -0.4 is 4.74 Å². The fraction of sp³-hybridized carbons (Fsp3) is 0.348. The number of likely N-dealkylation sites (N-methyl/N-ethyl adjacent to an activating group) is 1. The Kier molecular flexibility index (Phi) is 8.12. The number of hydrogen-bond acceptors (Lipinski definition) is 4. The second-order valence-electron chi connectivity index (χ2n) is 7.50. The average molecular weight is 463 g/mol. The Morgan fingerprint density at radius 3 is 2.55 bits per heavy atom. The summed E-state index contributed by atoms with van der Waals surface area (Å²) in [6.07, 6.45) is 2.62. The molecule has 1 fully saturated rings. The Morgan fingerprint density at radius 2 is 1.87 bits per heavy atom. The first-order valence-corrected chi connectivity index (χ1v) is 12.1. The van der Waals surface area contributed by atoms with E-state index in [0.717, 1.165) is 5.56 Å². The quantitative estimate of drug-likeness (QED) is 0.597. The standard InChI is InChI=1S/C23H27ClN2O4S/c1-25(15-16-30-22-9-5-8-21(24)18-22)23(27)20-10-13-26(14-11-20)31(28,29)17-12-19-6-3-2-4-7-19/h2-9,12,17-18,20H,10-11,13-16H2,1H3/b17-12+. The van der Waals surface area contributed by atoms with Crippen molar-refractivity contribution in [3.05, 3.63) is 70.6 Å². The maximum absolute atomic E-state index is 12.7. The lowest BCUT2D eigenvalue weighted by Gasteiger charge is -2.31. The van der Waals surface area contributed by atoms with Crippen molar-refractivity contribution in [3.8, 4) is 5.75 Å². The molecule has 1 aliphatic rings. The number of nitrogens with zero attached hydrogens (tertiary/aromatic N) is 2. The monoisotopic (exact) mass is 462 g/mol. The number of piperidine rings is 1. The highest BCUT2D eigenvalue weighted by atomic mass is 35.5. The normalized spacial score (nSPS) is 15.8. The first-order valence-electron chi connectivity index (χ1n) is 10.2. The van der Waals surface area contributed by atoms with E-state index >= 15 is 0 Å². The van der Waals surface area contributed by atoms with Gasteiger partial charge in [0.2, 0.25) is 15.9 Å². The maximum atomic E-state index is 12.7. The van der Waals surface area contributed by atoms with Crippen molar-refractivity contribution < 1.29 is 17.9 Å². The predicted molar refractivity (Wildman–Crippen MR) is 123 cm³/mol. The third-order valence-corrected chi connectivity index (χ3v) is 7.06. The Balaban J connectivity index is 1.45. The Bertz CT molecular complexity index is 1000. The van der Waals surface area contributed by atoms with Crippen molar-refractivity contribution in [2.75, 3.05) is 33.3 Å². The Labute approximate surface area is 189 Å². The van der Waals surface area contributed by atoms with Gasteiger partial charge in [0.1, 0.15) is 12.4 Å². The van der Waals surface area contributed by atoms with Gasteiger partial charge >= 0.3 is 0 Å². The number of carbonyl (C=O) groups excluding carboxylic acids is 1. The van der Waals surface area contributed by atoms with E-state index in [4.69, 9.17) is 16.3 Å². The van der Waals surface area contributed by atoms with Gasteiger partial charge in [-0.3, -0.25) is 4.79 Å². The summed E-state index contributed by atoms with van der Waals surface area (Å²) in [5, 5.41) is 1.84. The van der Waals surface area contributed by atoms with Crippen LogP contribution in [-0.2, 0) is 14.8 Å². The van der Waals surface area contributed by atoms with Crippen LogP contribution in [-0.4, -0.2) is 56.8 Å². The van der Waals surface area contributed by atoms with E-state index in [1.54, 1.807) is 30.2 Å². The van der Waals surface area contributed by atoms with Gasteiger partial charge in [-0.1, -0.05) is 48.0 Å². The maximum Gasteiger partial charge on any atom is 0.236 e. The van der Waals surface area contributed by atoms with Crippen molar-refractivity contribution in [3.63, 3.8) is 0 Å². The molecular weight excluding hydrogens is 436 g/mol. The summed E-state index contributed by atoms with van der Waals surface area (Å²) in [5.74, 6) is 0.503. The number of benzene rings is 2. The predicted octanol–water partition coefficient (Wildman–Crippen LogP) is 3.89. The molecule has 2 aromatic carbocycles. The molecule has 0 aliphatic carbocycles. The molecule has 1 heterocycles. The van der Waals surface area contributed by atoms with Gasteiger partial charge in [0.05, 0.1) is 6.54 Å². The molecule has 1 saturated heterocycles. The van der Waals surface area contributed by atoms with Gasteiger partial charge in [-0.2, -0.15) is 4.31 Å². The first-order chi connectivity index (χ1) is 14.8. The minimum Gasteiger partial charge on any atom is -0.492 e. The van der Waals surface area contributed by atoms with Crippen LogP contribution in [0.5, 0.6) is 5.75 Å². The molecule has 0 atom stereocenters. The summed E-state index contributed by atoms with van der Waals surface area (Å²) in [6.45, 7) is 1.49. The van der Waals surface area contributed by atoms with E-state index in [2.05, 4.69) is 0 Å². The van der Waals surface area contributed by atoms with Crippen LogP contribution in [0.25, 0.3) is 6.08 Å². The molecule has 31 heavy (non-hydrogen) atoms. The van der Waals surface area contributed by atoms with Crippen molar-refractivity contribution in [2.45, 2.75) is 12.8 Å². The molecule has 8 heteroatoms. The number of halogens is 1. The summed E-state index contributed by atoms with van der Waals surface area (Å²) in [4.78, 5) is 14.4. The van der Waals surface area contributed by atoms with E-state index in [1.165, 1.54) is 9.71 Å². The van der Waals surface area contributed by atoms with Gasteiger partial charge in [-0.15, -0.1) is 0 Å². The largest absolute Gasteiger partial charge is 0.492 e. The fourth-order valence-corrected chi connectivity index (χ4v) is 4.85. The lowest BCUT2D eigenvalue weighted by molar-refractivity contribution is -0.135. The topological polar surface area (TPSA) is 66.9 Å². The summed E-state index contributed by atoms with van der Waals surface area (Å²) < 4.78 is 32.3. The number of amides is 1. The van der Waals surface area contributed by atoms with Crippen LogP contribution in [0, 0.1) is 5.92 Å². The summed E-state index contributed by atoms with van der Waals surface area (Å²) in [7, 11) is -1.76. The van der Waals surface area contributed by atoms with E-state index in [-0.39, 0.29) is 11.8 Å². The van der Waals surface area contributed by atoms with E-state index in [0.29, 0.717) is 49.9 Å². The molecule has 6 nitrogen and oxygen atoms in total. The SMILES string of the molecule is CN(CCOc1cccc(Cl)c1)C(=O)C1CCN(S(=O)(=O)/C=C/c2ccccc2)CC1. The van der Waals surface area contributed by atoms with Crippen LogP contribution in [0.3, 0.4) is 0 Å². The average Bonchev–Trinajstić information content (AvgIpc) is 2.78. The lowest BCUT2D eigenvalue weighted by Crippen LogP contribution is -2.43. The summed E-state index contributed by atoms with van der Waals surface area (Å²) >= 11 is 5.94. The van der Waals surface area contributed by atoms with Gasteiger partial charge in [-0.25, -0.2) is 8.42 Å². The van der Waals surface area contributed by atoms with Crippen LogP contribution in [0.1, 0.15) is 18.4 Å². The molecular formula is C23H27ClN2O4S. The van der Waals surface area contributed by atoms with Gasteiger partial charge in [0.25, 0.3) is 0 Å². The molecule has 166 valence electrons. The number of ether oxygens (including phenoxy) is 1. The molecule has 0 N–H and O–H groups in total. The lowest BCUT2D eigenvalue weighted by atomic mass is 9.97. The van der Waals surface area contributed by atoms with Gasteiger partial charge in [-0.05, 0) is 42.7 Å². The number of carbonyl (C=O) groups is 1. The molecule has 2 aromatic rings. The minimum atomic E-state index is -3.50. The molecule has 0 unspecified atom stereocenters. The van der Waals surface area contributed by atoms with Gasteiger partial charge in [0.15, 0.2) is 0 Å². The summed E-state index contributed by atoms with van der Waals surface area (Å²) in [6, 6.07) is 16.4. The van der Waals surface area contributed by atoms with Crippen LogP contribution in [0.15, 0.2) is 60.0 Å². The zero-order valence-electron chi connectivity index (χ0n) is 17.5. The molecule has 3 rings (SSSR count).